The molecule has 2 saturated carbocycles. The molecule has 2 aliphatic rings. The van der Waals surface area contributed by atoms with Gasteiger partial charge in [-0.25, -0.2) is 0 Å². The van der Waals surface area contributed by atoms with Gasteiger partial charge in [-0.05, 0) is 37.1 Å². The van der Waals surface area contributed by atoms with E-state index in [0.717, 1.165) is 24.3 Å². The van der Waals surface area contributed by atoms with Crippen molar-refractivity contribution in [1.82, 2.24) is 0 Å². The van der Waals surface area contributed by atoms with Crippen molar-refractivity contribution in [2.24, 2.45) is 23.5 Å². The minimum Gasteiger partial charge on any atom is -0.330 e. The molecule has 2 fully saturated rings. The summed E-state index contributed by atoms with van der Waals surface area (Å²) >= 11 is 0. The number of rotatable bonds is 2. The van der Waals surface area contributed by atoms with Gasteiger partial charge in [-0.2, -0.15) is 0 Å². The Balaban J connectivity index is 1.92. The highest BCUT2D eigenvalue weighted by Gasteiger charge is 2.33. The predicted octanol–water partition coefficient (Wildman–Crippen LogP) is 2.55. The average molecular weight is 167 g/mol. The first kappa shape index (κ1) is 8.55. The van der Waals surface area contributed by atoms with E-state index in [1.807, 2.05) is 0 Å². The summed E-state index contributed by atoms with van der Waals surface area (Å²) in [4.78, 5) is 0. The first-order valence-electron chi connectivity index (χ1n) is 5.62. The van der Waals surface area contributed by atoms with Gasteiger partial charge in [0.15, 0.2) is 0 Å². The van der Waals surface area contributed by atoms with E-state index in [4.69, 9.17) is 5.73 Å². The van der Waals surface area contributed by atoms with Crippen molar-refractivity contribution in [3.63, 3.8) is 0 Å². The van der Waals surface area contributed by atoms with Gasteiger partial charge in [0.25, 0.3) is 0 Å². The molecule has 12 heavy (non-hydrogen) atoms. The summed E-state index contributed by atoms with van der Waals surface area (Å²) in [7, 11) is 0. The highest BCUT2D eigenvalue weighted by Crippen LogP contribution is 2.43. The second kappa shape index (κ2) is 3.78. The van der Waals surface area contributed by atoms with Crippen LogP contribution in [-0.2, 0) is 0 Å². The average Bonchev–Trinajstić information content (AvgIpc) is 2.74. The fourth-order valence-electron chi connectivity index (χ4n) is 3.36. The second-order valence-electron chi connectivity index (χ2n) is 4.64. The molecule has 2 unspecified atom stereocenters. The van der Waals surface area contributed by atoms with Gasteiger partial charge in [-0.3, -0.25) is 0 Å². The fraction of sp³-hybridized carbons (Fsp3) is 1.00. The van der Waals surface area contributed by atoms with E-state index in [1.165, 1.54) is 44.9 Å². The molecule has 0 heterocycles. The predicted molar refractivity (Wildman–Crippen MR) is 51.8 cm³/mol. The van der Waals surface area contributed by atoms with Crippen LogP contribution < -0.4 is 5.73 Å². The molecular formula is C11H21N. The van der Waals surface area contributed by atoms with Crippen molar-refractivity contribution in [2.75, 3.05) is 6.54 Å². The van der Waals surface area contributed by atoms with Crippen molar-refractivity contribution in [2.45, 2.75) is 44.9 Å². The SMILES string of the molecule is NCC1CCCC1C1CCCC1. The van der Waals surface area contributed by atoms with Crippen LogP contribution in [0.5, 0.6) is 0 Å². The second-order valence-corrected chi connectivity index (χ2v) is 4.64. The summed E-state index contributed by atoms with van der Waals surface area (Å²) in [6.45, 7) is 0.946. The molecule has 70 valence electrons. The van der Waals surface area contributed by atoms with Gasteiger partial charge < -0.3 is 5.73 Å². The van der Waals surface area contributed by atoms with Crippen LogP contribution in [0, 0.1) is 17.8 Å². The molecular weight excluding hydrogens is 146 g/mol. The van der Waals surface area contributed by atoms with E-state index < -0.39 is 0 Å². The lowest BCUT2D eigenvalue weighted by molar-refractivity contribution is 0.269. The smallest absolute Gasteiger partial charge is 0.00461 e. The monoisotopic (exact) mass is 167 g/mol. The van der Waals surface area contributed by atoms with E-state index in [1.54, 1.807) is 0 Å². The largest absolute Gasteiger partial charge is 0.330 e. The molecule has 0 saturated heterocycles. The lowest BCUT2D eigenvalue weighted by atomic mass is 9.83. The Morgan fingerprint density at radius 3 is 2.33 bits per heavy atom. The van der Waals surface area contributed by atoms with Gasteiger partial charge in [0.1, 0.15) is 0 Å². The maximum atomic E-state index is 5.79. The van der Waals surface area contributed by atoms with Crippen molar-refractivity contribution >= 4 is 0 Å². The number of nitrogens with two attached hydrogens (primary N) is 1. The molecule has 0 radical (unpaired) electrons. The van der Waals surface area contributed by atoms with Crippen LogP contribution in [0.2, 0.25) is 0 Å². The normalized spacial score (nSPS) is 37.8. The van der Waals surface area contributed by atoms with Gasteiger partial charge in [-0.15, -0.1) is 0 Å². The molecule has 2 aliphatic carbocycles. The van der Waals surface area contributed by atoms with Crippen molar-refractivity contribution < 1.29 is 0 Å². The minimum absolute atomic E-state index is 0.882. The first-order chi connectivity index (χ1) is 5.92. The van der Waals surface area contributed by atoms with Crippen LogP contribution in [-0.4, -0.2) is 6.54 Å². The van der Waals surface area contributed by atoms with Gasteiger partial charge in [-0.1, -0.05) is 32.1 Å². The van der Waals surface area contributed by atoms with Crippen molar-refractivity contribution in [3.8, 4) is 0 Å². The van der Waals surface area contributed by atoms with Crippen molar-refractivity contribution in [3.05, 3.63) is 0 Å². The molecule has 0 aromatic rings. The van der Waals surface area contributed by atoms with Crippen molar-refractivity contribution in [1.29, 1.82) is 0 Å². The Morgan fingerprint density at radius 1 is 0.917 bits per heavy atom. The van der Waals surface area contributed by atoms with E-state index in [0.29, 0.717) is 0 Å². The molecule has 2 rings (SSSR count). The highest BCUT2D eigenvalue weighted by atomic mass is 14.6. The van der Waals surface area contributed by atoms with E-state index in [9.17, 15) is 0 Å². The zero-order valence-electron chi connectivity index (χ0n) is 7.97. The summed E-state index contributed by atoms with van der Waals surface area (Å²) in [5, 5.41) is 0. The quantitative estimate of drug-likeness (QED) is 0.672. The molecule has 2 atom stereocenters. The van der Waals surface area contributed by atoms with Crippen LogP contribution in [0.3, 0.4) is 0 Å². The standard InChI is InChI=1S/C11H21N/c12-8-10-6-3-7-11(10)9-4-1-2-5-9/h9-11H,1-8,12H2. The molecule has 0 spiro atoms. The minimum atomic E-state index is 0.882. The zero-order valence-corrected chi connectivity index (χ0v) is 7.97. The molecule has 0 amide bonds. The highest BCUT2D eigenvalue weighted by molar-refractivity contribution is 4.85. The van der Waals surface area contributed by atoms with E-state index in [-0.39, 0.29) is 0 Å². The first-order valence-corrected chi connectivity index (χ1v) is 5.62. The molecule has 0 aromatic carbocycles. The maximum absolute atomic E-state index is 5.79. The van der Waals surface area contributed by atoms with Crippen LogP contribution >= 0.6 is 0 Å². The third-order valence-corrected chi connectivity index (χ3v) is 4.03. The molecule has 2 N–H and O–H groups in total. The summed E-state index contributed by atoms with van der Waals surface area (Å²) in [6.07, 6.45) is 10.3. The number of hydrogen-bond donors (Lipinski definition) is 1. The van der Waals surface area contributed by atoms with Crippen LogP contribution in [0.25, 0.3) is 0 Å². The topological polar surface area (TPSA) is 26.0 Å². The fourth-order valence-corrected chi connectivity index (χ4v) is 3.36. The molecule has 0 aromatic heterocycles. The Morgan fingerprint density at radius 2 is 1.67 bits per heavy atom. The van der Waals surface area contributed by atoms with E-state index >= 15 is 0 Å². The third kappa shape index (κ3) is 1.52. The van der Waals surface area contributed by atoms with Crippen LogP contribution in [0.15, 0.2) is 0 Å². The summed E-state index contributed by atoms with van der Waals surface area (Å²) in [6, 6.07) is 0. The van der Waals surface area contributed by atoms with Gasteiger partial charge >= 0.3 is 0 Å². The van der Waals surface area contributed by atoms with Gasteiger partial charge in [0.2, 0.25) is 0 Å². The number of hydrogen-bond acceptors (Lipinski definition) is 1. The Hall–Kier alpha value is -0.0400. The van der Waals surface area contributed by atoms with Gasteiger partial charge in [0.05, 0.1) is 0 Å². The lowest BCUT2D eigenvalue weighted by Crippen LogP contribution is -2.23. The lowest BCUT2D eigenvalue weighted by Gasteiger charge is -2.24. The maximum Gasteiger partial charge on any atom is -0.00461 e. The summed E-state index contributed by atoms with van der Waals surface area (Å²) < 4.78 is 0. The van der Waals surface area contributed by atoms with Gasteiger partial charge in [0, 0.05) is 0 Å². The van der Waals surface area contributed by atoms with Crippen LogP contribution in [0.1, 0.15) is 44.9 Å². The zero-order chi connectivity index (χ0) is 8.39. The molecule has 0 bridgehead atoms. The summed E-state index contributed by atoms with van der Waals surface area (Å²) in [5.74, 6) is 2.95. The Bertz CT molecular complexity index is 138. The Labute approximate surface area is 75.7 Å². The van der Waals surface area contributed by atoms with Crippen LogP contribution in [0.4, 0.5) is 0 Å². The Kier molecular flexibility index (Phi) is 2.69. The third-order valence-electron chi connectivity index (χ3n) is 4.03. The van der Waals surface area contributed by atoms with E-state index in [2.05, 4.69) is 0 Å². The molecule has 1 heteroatoms. The molecule has 1 nitrogen and oxygen atoms in total. The summed E-state index contributed by atoms with van der Waals surface area (Å²) in [5.41, 5.74) is 5.79. The molecule has 0 aliphatic heterocycles.